The molecule has 2 amide bonds. The third-order valence-corrected chi connectivity index (χ3v) is 6.49. The van der Waals surface area contributed by atoms with Crippen LogP contribution in [0, 0.1) is 5.92 Å². The van der Waals surface area contributed by atoms with Crippen molar-refractivity contribution in [1.82, 2.24) is 4.90 Å². The van der Waals surface area contributed by atoms with Gasteiger partial charge in [-0.2, -0.15) is 0 Å². The Morgan fingerprint density at radius 3 is 1.74 bits per heavy atom. The molecular weight excluding hydrogens is 470 g/mol. The zero-order valence-corrected chi connectivity index (χ0v) is 23.4. The predicted octanol–water partition coefficient (Wildman–Crippen LogP) is 9.21. The van der Waals surface area contributed by atoms with Gasteiger partial charge in [-0.25, -0.2) is 9.69 Å². The number of benzene rings is 1. The van der Waals surface area contributed by atoms with E-state index in [1.54, 1.807) is 0 Å². The highest BCUT2D eigenvalue weighted by Crippen LogP contribution is 2.34. The summed E-state index contributed by atoms with van der Waals surface area (Å²) >= 11 is 0. The molecule has 1 fully saturated rings. The van der Waals surface area contributed by atoms with Gasteiger partial charge in [-0.15, -0.1) is 0 Å². The summed E-state index contributed by atoms with van der Waals surface area (Å²) in [5, 5.41) is 0. The summed E-state index contributed by atoms with van der Waals surface area (Å²) < 4.78 is 5.56. The lowest BCUT2D eigenvalue weighted by Gasteiger charge is -2.23. The largest absolute Gasteiger partial charge is 0.439 e. The van der Waals surface area contributed by atoms with Crippen molar-refractivity contribution in [3.63, 3.8) is 0 Å². The molecule has 0 saturated carbocycles. The molecule has 0 radical (unpaired) electrons. The molecular formula is C34H45NO3. The molecule has 0 N–H and O–H groups in total. The maximum absolute atomic E-state index is 13.1. The van der Waals surface area contributed by atoms with Crippen LogP contribution in [0.1, 0.15) is 83.8 Å². The Bertz CT molecular complexity index is 1000. The third-order valence-electron chi connectivity index (χ3n) is 6.49. The second-order valence-corrected chi connectivity index (χ2v) is 9.42. The Morgan fingerprint density at radius 1 is 0.789 bits per heavy atom. The van der Waals surface area contributed by atoms with Crippen LogP contribution >= 0.6 is 0 Å². The second kappa shape index (κ2) is 18.8. The van der Waals surface area contributed by atoms with E-state index in [0.717, 1.165) is 44.1 Å². The van der Waals surface area contributed by atoms with Crippen LogP contribution in [0.5, 0.6) is 0 Å². The zero-order chi connectivity index (χ0) is 27.4. The van der Waals surface area contributed by atoms with Gasteiger partial charge in [0.2, 0.25) is 5.91 Å². The minimum absolute atomic E-state index is 0.150. The van der Waals surface area contributed by atoms with Gasteiger partial charge in [-0.1, -0.05) is 117 Å². The summed E-state index contributed by atoms with van der Waals surface area (Å²) in [6, 6.07) is 9.28. The molecule has 1 aromatic rings. The van der Waals surface area contributed by atoms with Crippen LogP contribution in [-0.2, 0) is 9.53 Å². The minimum Gasteiger partial charge on any atom is -0.439 e. The van der Waals surface area contributed by atoms with Gasteiger partial charge < -0.3 is 4.74 Å². The molecule has 0 aromatic heterocycles. The molecule has 4 heteroatoms. The summed E-state index contributed by atoms with van der Waals surface area (Å²) in [5.41, 5.74) is 0.911. The number of ether oxygens (including phenoxy) is 1. The monoisotopic (exact) mass is 515 g/mol. The number of allylic oxidation sites excluding steroid dienone is 12. The first kappa shape index (κ1) is 30.8. The summed E-state index contributed by atoms with van der Waals surface area (Å²) in [5.74, 6) is -0.382. The van der Waals surface area contributed by atoms with E-state index >= 15 is 0 Å². The van der Waals surface area contributed by atoms with E-state index in [2.05, 4.69) is 73.8 Å². The lowest BCUT2D eigenvalue weighted by atomic mass is 9.98. The number of hydrogen-bond acceptors (Lipinski definition) is 3. The molecule has 4 nitrogen and oxygen atoms in total. The van der Waals surface area contributed by atoms with Crippen LogP contribution in [0.3, 0.4) is 0 Å². The molecule has 0 aliphatic carbocycles. The van der Waals surface area contributed by atoms with Gasteiger partial charge in [0.05, 0.1) is 6.04 Å². The third kappa shape index (κ3) is 10.9. The fraction of sp³-hybridized carbons (Fsp3) is 0.412. The van der Waals surface area contributed by atoms with E-state index in [9.17, 15) is 9.59 Å². The van der Waals surface area contributed by atoms with Crippen molar-refractivity contribution in [3.8, 4) is 0 Å². The normalized spacial score (nSPS) is 19.3. The topological polar surface area (TPSA) is 46.6 Å². The lowest BCUT2D eigenvalue weighted by Crippen LogP contribution is -2.41. The number of amides is 2. The Balaban J connectivity index is 1.66. The Kier molecular flexibility index (Phi) is 15.2. The number of carbonyl (C=O) groups is 2. The molecule has 0 unspecified atom stereocenters. The van der Waals surface area contributed by atoms with Crippen molar-refractivity contribution in [1.29, 1.82) is 0 Å². The van der Waals surface area contributed by atoms with E-state index in [-0.39, 0.29) is 17.9 Å². The van der Waals surface area contributed by atoms with Crippen molar-refractivity contribution in [2.75, 3.05) is 0 Å². The first-order valence-electron chi connectivity index (χ1n) is 14.1. The van der Waals surface area contributed by atoms with E-state index in [0.29, 0.717) is 12.8 Å². The number of nitrogens with zero attached hydrogens (tertiary/aromatic N) is 1. The average molecular weight is 516 g/mol. The van der Waals surface area contributed by atoms with Gasteiger partial charge in [-0.05, 0) is 63.9 Å². The maximum Gasteiger partial charge on any atom is 0.417 e. The van der Waals surface area contributed by atoms with E-state index < -0.39 is 12.2 Å². The molecule has 1 heterocycles. The van der Waals surface area contributed by atoms with Gasteiger partial charge in [0, 0.05) is 5.92 Å². The molecule has 1 aliphatic heterocycles. The van der Waals surface area contributed by atoms with Crippen LogP contribution in [0.25, 0.3) is 0 Å². The number of carbonyl (C=O) groups excluding carboxylic acids is 2. The van der Waals surface area contributed by atoms with Crippen LogP contribution in [0.4, 0.5) is 4.79 Å². The van der Waals surface area contributed by atoms with Gasteiger partial charge in [0.25, 0.3) is 0 Å². The van der Waals surface area contributed by atoms with Crippen molar-refractivity contribution in [2.45, 2.75) is 84.3 Å². The smallest absolute Gasteiger partial charge is 0.417 e. The predicted molar refractivity (Wildman–Crippen MR) is 159 cm³/mol. The highest BCUT2D eigenvalue weighted by Gasteiger charge is 2.44. The maximum atomic E-state index is 13.1. The highest BCUT2D eigenvalue weighted by atomic mass is 16.6. The molecule has 0 spiro atoms. The fourth-order valence-electron chi connectivity index (χ4n) is 4.27. The van der Waals surface area contributed by atoms with Gasteiger partial charge in [-0.3, -0.25) is 4.79 Å². The van der Waals surface area contributed by atoms with Gasteiger partial charge in [0.1, 0.15) is 6.10 Å². The van der Waals surface area contributed by atoms with Crippen LogP contribution in [0.2, 0.25) is 0 Å². The van der Waals surface area contributed by atoms with Crippen molar-refractivity contribution >= 4 is 12.0 Å². The average Bonchev–Trinajstić information content (AvgIpc) is 3.23. The summed E-state index contributed by atoms with van der Waals surface area (Å²) in [6.07, 6.45) is 32.1. The molecule has 1 aliphatic rings. The summed E-state index contributed by atoms with van der Waals surface area (Å²) in [7, 11) is 0. The van der Waals surface area contributed by atoms with E-state index in [4.69, 9.17) is 4.74 Å². The van der Waals surface area contributed by atoms with Gasteiger partial charge >= 0.3 is 6.09 Å². The molecule has 3 atom stereocenters. The highest BCUT2D eigenvalue weighted by molar-refractivity contribution is 5.95. The molecule has 0 bridgehead atoms. The molecule has 1 aromatic carbocycles. The van der Waals surface area contributed by atoms with E-state index in [1.165, 1.54) is 4.90 Å². The Labute approximate surface area is 230 Å². The van der Waals surface area contributed by atoms with Crippen molar-refractivity contribution < 1.29 is 14.3 Å². The number of imide groups is 1. The number of rotatable bonds is 16. The van der Waals surface area contributed by atoms with Crippen LogP contribution in [-0.4, -0.2) is 22.9 Å². The summed E-state index contributed by atoms with van der Waals surface area (Å²) in [4.78, 5) is 27.0. The van der Waals surface area contributed by atoms with E-state index in [1.807, 2.05) is 50.3 Å². The standard InChI is InChI=1S/C34H45NO3/c1-4-6-7-8-9-10-11-12-13-14-15-16-17-18-19-20-21-23-26-30(5-2)33(36)35-29(3)32(38-34(35)37)31-27-24-22-25-28-31/h6-7,9-10,12-13,15-16,18-19,21-25,27-30,32H,4-5,8,11,14,17,20,26H2,1-3H3/b7-6-,10-9-,13-12-,16-15-,19-18-,23-21-/t29-,30-,32-/m1/s1. The minimum atomic E-state index is -0.544. The quantitative estimate of drug-likeness (QED) is 0.206. The van der Waals surface area contributed by atoms with Gasteiger partial charge in [0.15, 0.2) is 0 Å². The Morgan fingerprint density at radius 2 is 1.26 bits per heavy atom. The zero-order valence-electron chi connectivity index (χ0n) is 23.4. The first-order valence-corrected chi connectivity index (χ1v) is 14.1. The Hall–Kier alpha value is -3.40. The molecule has 2 rings (SSSR count). The second-order valence-electron chi connectivity index (χ2n) is 9.42. The van der Waals surface area contributed by atoms with Crippen molar-refractivity contribution in [2.24, 2.45) is 5.92 Å². The molecule has 1 saturated heterocycles. The van der Waals surface area contributed by atoms with Crippen molar-refractivity contribution in [3.05, 3.63) is 109 Å². The number of hydrogen-bond donors (Lipinski definition) is 0. The SMILES string of the molecule is CC/C=C\C/C=C\C/C=C\C/C=C\C/C=C\C/C=C\C[C@@H](CC)C(=O)N1C(=O)O[C@@H](c2ccccc2)[C@H]1C. The molecule has 204 valence electrons. The lowest BCUT2D eigenvalue weighted by molar-refractivity contribution is -0.133. The van der Waals surface area contributed by atoms with Crippen LogP contribution < -0.4 is 0 Å². The van der Waals surface area contributed by atoms with Crippen LogP contribution in [0.15, 0.2) is 103 Å². The summed E-state index contributed by atoms with van der Waals surface area (Å²) in [6.45, 7) is 6.02. The fourth-order valence-corrected chi connectivity index (χ4v) is 4.27. The first-order chi connectivity index (χ1) is 18.6. The number of cyclic esters (lactones) is 1. The molecule has 38 heavy (non-hydrogen) atoms.